The van der Waals surface area contributed by atoms with Gasteiger partial charge < -0.3 is 15.5 Å². The van der Waals surface area contributed by atoms with Crippen molar-refractivity contribution >= 4 is 34.8 Å². The van der Waals surface area contributed by atoms with E-state index in [1.807, 2.05) is 17.0 Å². The molecule has 0 bridgehead atoms. The van der Waals surface area contributed by atoms with E-state index in [4.69, 9.17) is 12.2 Å². The number of amides is 2. The molecule has 27 heavy (non-hydrogen) atoms. The number of hydrogen-bond acceptors (Lipinski definition) is 3. The molecule has 0 radical (unpaired) electrons. The zero-order valence-electron chi connectivity index (χ0n) is 16.4. The van der Waals surface area contributed by atoms with Gasteiger partial charge >= 0.3 is 0 Å². The van der Waals surface area contributed by atoms with Crippen LogP contribution in [0.2, 0.25) is 0 Å². The normalized spacial score (nSPS) is 14.7. The van der Waals surface area contributed by atoms with Crippen molar-refractivity contribution in [2.75, 3.05) is 18.4 Å². The van der Waals surface area contributed by atoms with Gasteiger partial charge in [0.2, 0.25) is 5.91 Å². The van der Waals surface area contributed by atoms with Crippen molar-refractivity contribution in [1.29, 1.82) is 0 Å². The summed E-state index contributed by atoms with van der Waals surface area (Å²) in [5.74, 6) is 0.717. The fourth-order valence-electron chi connectivity index (χ4n) is 3.15. The molecule has 1 saturated heterocycles. The molecule has 0 atom stereocenters. The summed E-state index contributed by atoms with van der Waals surface area (Å²) in [6, 6.07) is 7.24. The van der Waals surface area contributed by atoms with Crippen molar-refractivity contribution in [2.45, 2.75) is 58.8 Å². The van der Waals surface area contributed by atoms with Crippen LogP contribution in [0.3, 0.4) is 0 Å². The summed E-state index contributed by atoms with van der Waals surface area (Å²) in [4.78, 5) is 26.3. The van der Waals surface area contributed by atoms with E-state index >= 15 is 0 Å². The monoisotopic (exact) mass is 389 g/mol. The number of nitrogens with one attached hydrogen (secondary N) is 2. The first-order chi connectivity index (χ1) is 13.0. The Hall–Kier alpha value is -1.95. The van der Waals surface area contributed by atoms with Gasteiger partial charge in [-0.1, -0.05) is 33.1 Å². The Bertz CT molecular complexity index is 637. The Kier molecular flexibility index (Phi) is 8.72. The van der Waals surface area contributed by atoms with Crippen LogP contribution < -0.4 is 10.6 Å². The van der Waals surface area contributed by atoms with Gasteiger partial charge in [-0.2, -0.15) is 0 Å². The molecule has 1 aliphatic rings. The minimum atomic E-state index is -0.0604. The molecule has 2 rings (SSSR count). The molecular weight excluding hydrogens is 358 g/mol. The third-order valence-electron chi connectivity index (χ3n) is 4.97. The number of piperidine rings is 1. The molecule has 0 spiro atoms. The first-order valence-electron chi connectivity index (χ1n) is 9.99. The summed E-state index contributed by atoms with van der Waals surface area (Å²) >= 11 is 5.19. The van der Waals surface area contributed by atoms with Gasteiger partial charge in [0.15, 0.2) is 5.11 Å². The number of anilines is 1. The van der Waals surface area contributed by atoms with Crippen LogP contribution in [0.1, 0.15) is 69.2 Å². The Morgan fingerprint density at radius 3 is 2.41 bits per heavy atom. The van der Waals surface area contributed by atoms with Crippen LogP contribution in [0.5, 0.6) is 0 Å². The Labute approximate surface area is 167 Å². The number of rotatable bonds is 7. The van der Waals surface area contributed by atoms with Gasteiger partial charge in [-0.25, -0.2) is 0 Å². The first kappa shape index (κ1) is 21.4. The van der Waals surface area contributed by atoms with Crippen molar-refractivity contribution < 1.29 is 9.59 Å². The number of hydrogen-bond donors (Lipinski definition) is 2. The fourth-order valence-corrected chi connectivity index (χ4v) is 3.39. The van der Waals surface area contributed by atoms with Crippen LogP contribution in [-0.2, 0) is 4.79 Å². The van der Waals surface area contributed by atoms with Gasteiger partial charge in [-0.3, -0.25) is 9.59 Å². The maximum Gasteiger partial charge on any atom is 0.253 e. The highest BCUT2D eigenvalue weighted by Crippen LogP contribution is 2.19. The number of unbranched alkanes of at least 4 members (excludes halogenated alkanes) is 3. The summed E-state index contributed by atoms with van der Waals surface area (Å²) in [5.41, 5.74) is 1.44. The molecule has 0 saturated carbocycles. The average Bonchev–Trinajstić information content (AvgIpc) is 2.66. The lowest BCUT2D eigenvalue weighted by Crippen LogP contribution is -2.37. The third kappa shape index (κ3) is 7.29. The van der Waals surface area contributed by atoms with Crippen molar-refractivity contribution in [3.63, 3.8) is 0 Å². The van der Waals surface area contributed by atoms with E-state index in [1.165, 1.54) is 0 Å². The van der Waals surface area contributed by atoms with E-state index in [1.54, 1.807) is 12.1 Å². The minimum Gasteiger partial charge on any atom is -0.339 e. The second-order valence-electron chi connectivity index (χ2n) is 7.37. The summed E-state index contributed by atoms with van der Waals surface area (Å²) < 4.78 is 0. The van der Waals surface area contributed by atoms with Gasteiger partial charge in [0.1, 0.15) is 0 Å². The van der Waals surface area contributed by atoms with E-state index < -0.39 is 0 Å². The van der Waals surface area contributed by atoms with Crippen LogP contribution in [0.25, 0.3) is 0 Å². The predicted octanol–water partition coefficient (Wildman–Crippen LogP) is 4.34. The van der Waals surface area contributed by atoms with Crippen LogP contribution >= 0.6 is 12.2 Å². The topological polar surface area (TPSA) is 61.4 Å². The summed E-state index contributed by atoms with van der Waals surface area (Å²) in [7, 11) is 0. The SMILES string of the molecule is CCCCCCC(=O)NC(=S)Nc1ccc(C(=O)N2CCC(C)CC2)cc1. The molecule has 1 aromatic carbocycles. The smallest absolute Gasteiger partial charge is 0.253 e. The molecule has 1 aliphatic heterocycles. The minimum absolute atomic E-state index is 0.0604. The number of carbonyl (C=O) groups excluding carboxylic acids is 2. The van der Waals surface area contributed by atoms with E-state index in [0.717, 1.165) is 57.3 Å². The highest BCUT2D eigenvalue weighted by molar-refractivity contribution is 7.80. The lowest BCUT2D eigenvalue weighted by molar-refractivity contribution is -0.119. The van der Waals surface area contributed by atoms with Crippen molar-refractivity contribution in [3.05, 3.63) is 29.8 Å². The largest absolute Gasteiger partial charge is 0.339 e. The molecular formula is C21H31N3O2S. The molecule has 1 fully saturated rings. The fraction of sp³-hybridized carbons (Fsp3) is 0.571. The lowest BCUT2D eigenvalue weighted by atomic mass is 9.98. The number of carbonyl (C=O) groups is 2. The van der Waals surface area contributed by atoms with Gasteiger partial charge in [0.25, 0.3) is 5.91 Å². The molecule has 0 unspecified atom stereocenters. The van der Waals surface area contributed by atoms with Crippen LogP contribution in [0.4, 0.5) is 5.69 Å². The maximum absolute atomic E-state index is 12.6. The van der Waals surface area contributed by atoms with Gasteiger partial charge in [-0.05, 0) is 61.7 Å². The van der Waals surface area contributed by atoms with Crippen LogP contribution in [-0.4, -0.2) is 34.9 Å². The third-order valence-corrected chi connectivity index (χ3v) is 5.18. The Balaban J connectivity index is 1.78. The number of nitrogens with zero attached hydrogens (tertiary/aromatic N) is 1. The second kappa shape index (κ2) is 11.0. The highest BCUT2D eigenvalue weighted by Gasteiger charge is 2.21. The lowest BCUT2D eigenvalue weighted by Gasteiger charge is -2.30. The van der Waals surface area contributed by atoms with Gasteiger partial charge in [0.05, 0.1) is 0 Å². The quantitative estimate of drug-likeness (QED) is 0.538. The van der Waals surface area contributed by atoms with E-state index in [0.29, 0.717) is 23.0 Å². The standard InChI is InChI=1S/C21H31N3O2S/c1-3-4-5-6-7-19(25)23-21(27)22-18-10-8-17(9-11-18)20(26)24-14-12-16(2)13-15-24/h8-11,16H,3-7,12-15H2,1-2H3,(H2,22,23,25,27). The van der Waals surface area contributed by atoms with Crippen molar-refractivity contribution in [1.82, 2.24) is 10.2 Å². The Morgan fingerprint density at radius 2 is 1.78 bits per heavy atom. The Morgan fingerprint density at radius 1 is 1.11 bits per heavy atom. The van der Waals surface area contributed by atoms with E-state index in [2.05, 4.69) is 24.5 Å². The van der Waals surface area contributed by atoms with Gasteiger partial charge in [-0.15, -0.1) is 0 Å². The maximum atomic E-state index is 12.6. The van der Waals surface area contributed by atoms with Gasteiger partial charge in [0, 0.05) is 30.8 Å². The van der Waals surface area contributed by atoms with E-state index in [9.17, 15) is 9.59 Å². The molecule has 1 aromatic rings. The predicted molar refractivity (Wildman–Crippen MR) is 114 cm³/mol. The van der Waals surface area contributed by atoms with Crippen LogP contribution in [0, 0.1) is 5.92 Å². The van der Waals surface area contributed by atoms with Crippen molar-refractivity contribution in [3.8, 4) is 0 Å². The molecule has 0 aromatic heterocycles. The molecule has 2 N–H and O–H groups in total. The highest BCUT2D eigenvalue weighted by atomic mass is 32.1. The number of likely N-dealkylation sites (tertiary alicyclic amines) is 1. The summed E-state index contributed by atoms with van der Waals surface area (Å²) in [5, 5.41) is 6.00. The number of thiocarbonyl (C=S) groups is 1. The van der Waals surface area contributed by atoms with Crippen LogP contribution in [0.15, 0.2) is 24.3 Å². The molecule has 5 nitrogen and oxygen atoms in total. The second-order valence-corrected chi connectivity index (χ2v) is 7.77. The van der Waals surface area contributed by atoms with Crippen molar-refractivity contribution in [2.24, 2.45) is 5.92 Å². The number of benzene rings is 1. The molecule has 1 heterocycles. The van der Waals surface area contributed by atoms with E-state index in [-0.39, 0.29) is 11.8 Å². The zero-order chi connectivity index (χ0) is 19.6. The summed E-state index contributed by atoms with van der Waals surface area (Å²) in [6.07, 6.45) is 6.87. The molecule has 6 heteroatoms. The molecule has 148 valence electrons. The average molecular weight is 390 g/mol. The zero-order valence-corrected chi connectivity index (χ0v) is 17.2. The molecule has 2 amide bonds. The first-order valence-corrected chi connectivity index (χ1v) is 10.4. The molecule has 0 aliphatic carbocycles. The summed E-state index contributed by atoms with van der Waals surface area (Å²) in [6.45, 7) is 6.03.